The maximum Gasteiger partial charge on any atom is 0.119 e. The molecule has 0 saturated carbocycles. The molecule has 0 saturated heterocycles. The molecule has 0 aromatic carbocycles. The molecule has 3 nitrogen and oxygen atoms in total. The molecule has 0 aliphatic heterocycles. The van der Waals surface area contributed by atoms with Crippen LogP contribution >= 0.6 is 0 Å². The Balaban J connectivity index is 6.05. The second-order valence-electron chi connectivity index (χ2n) is 4.57. The highest BCUT2D eigenvalue weighted by atomic mass is 16.3. The SMILES string of the molecule is [2H]/C(=C(/[2H])[C@@]([2H])(O)[C@@]([2H])(N([2H])[2H])C([2H])([2H])O)C([2H])([2H])C([2H])([2H])C([2H])([2H])C([2H])CCCCCCCCC. The van der Waals surface area contributed by atoms with Crippen molar-refractivity contribution in [2.24, 2.45) is 5.72 Å². The molecule has 0 aliphatic rings. The van der Waals surface area contributed by atoms with Crippen molar-refractivity contribution in [1.82, 2.24) is 0 Å². The van der Waals surface area contributed by atoms with E-state index in [-0.39, 0.29) is 6.42 Å². The lowest BCUT2D eigenvalue weighted by Crippen LogP contribution is -2.36. The minimum Gasteiger partial charge on any atom is -0.395 e. The fourth-order valence-electron chi connectivity index (χ4n) is 1.60. The molecule has 3 heteroatoms. The predicted molar refractivity (Wildman–Crippen MR) is 91.3 cm³/mol. The van der Waals surface area contributed by atoms with Crippen molar-refractivity contribution in [3.63, 3.8) is 0 Å². The predicted octanol–water partition coefficient (Wildman–Crippen LogP) is 3.92. The highest BCUT2D eigenvalue weighted by Crippen LogP contribution is 2.12. The van der Waals surface area contributed by atoms with E-state index in [4.69, 9.17) is 20.6 Å². The van der Waals surface area contributed by atoms with Crippen molar-refractivity contribution < 1.29 is 30.9 Å². The molecule has 3 atom stereocenters. The third-order valence-corrected chi connectivity index (χ3v) is 2.76. The number of allylic oxidation sites excluding steroid dienone is 1. The van der Waals surface area contributed by atoms with Crippen LogP contribution in [0.5, 0.6) is 0 Å². The van der Waals surface area contributed by atoms with Crippen LogP contribution in [0.1, 0.15) is 102 Å². The smallest absolute Gasteiger partial charge is 0.119 e. The molecule has 0 aromatic heterocycles. The van der Waals surface area contributed by atoms with Crippen molar-refractivity contribution in [1.29, 1.82) is 0 Å². The van der Waals surface area contributed by atoms with Crippen molar-refractivity contribution in [2.45, 2.75) is 95.9 Å². The van der Waals surface area contributed by atoms with Crippen molar-refractivity contribution in [3.8, 4) is 0 Å². The summed E-state index contributed by atoms with van der Waals surface area (Å²) in [5.74, 6) is 0. The summed E-state index contributed by atoms with van der Waals surface area (Å²) in [4.78, 5) is 0. The van der Waals surface area contributed by atoms with E-state index < -0.39 is 62.0 Å². The van der Waals surface area contributed by atoms with E-state index in [1.54, 1.807) is 0 Å². The van der Waals surface area contributed by atoms with E-state index in [1.807, 2.05) is 0 Å². The van der Waals surface area contributed by atoms with Gasteiger partial charge >= 0.3 is 0 Å². The minimum absolute atomic E-state index is 0.128. The summed E-state index contributed by atoms with van der Waals surface area (Å²) in [5, 5.41) is 19.9. The summed E-state index contributed by atoms with van der Waals surface area (Å²) in [6.07, 6.45) is -10.8. The van der Waals surface area contributed by atoms with Gasteiger partial charge in [0.2, 0.25) is 0 Å². The van der Waals surface area contributed by atoms with Crippen LogP contribution in [-0.2, 0) is 0 Å². The van der Waals surface area contributed by atoms with Crippen LogP contribution in [0.3, 0.4) is 0 Å². The van der Waals surface area contributed by atoms with Crippen LogP contribution in [0.2, 0.25) is 2.82 Å². The summed E-state index contributed by atoms with van der Waals surface area (Å²) in [7, 11) is 0. The van der Waals surface area contributed by atoms with E-state index in [1.165, 1.54) is 0 Å². The third-order valence-electron chi connectivity index (χ3n) is 2.76. The van der Waals surface area contributed by atoms with E-state index >= 15 is 0 Å². The van der Waals surface area contributed by atoms with E-state index in [2.05, 4.69) is 6.92 Å². The molecule has 0 rings (SSSR count). The molecule has 4 N–H and O–H groups in total. The monoisotopic (exact) mass is 314 g/mol. The van der Waals surface area contributed by atoms with Gasteiger partial charge in [0.25, 0.3) is 0 Å². The van der Waals surface area contributed by atoms with Gasteiger partial charge in [-0.2, -0.15) is 0 Å². The van der Waals surface area contributed by atoms with Crippen LogP contribution in [0, 0.1) is 0 Å². The first-order chi connectivity index (χ1) is 16.0. The van der Waals surface area contributed by atoms with Gasteiger partial charge < -0.3 is 15.9 Å². The summed E-state index contributed by atoms with van der Waals surface area (Å²) in [6, 6.07) is -7.86. The van der Waals surface area contributed by atoms with Crippen molar-refractivity contribution in [2.75, 3.05) is 6.56 Å². The van der Waals surface area contributed by atoms with Gasteiger partial charge in [0.1, 0.15) is 2.82 Å². The molecule has 0 heterocycles. The molecule has 0 bridgehead atoms. The molecular formula is C18H37NO2. The lowest BCUT2D eigenvalue weighted by atomic mass is 10.0. The van der Waals surface area contributed by atoms with Gasteiger partial charge in [-0.05, 0) is 12.7 Å². The Morgan fingerprint density at radius 3 is 2.48 bits per heavy atom. The van der Waals surface area contributed by atoms with Gasteiger partial charge in [0, 0.05) is 9.60 Å². The van der Waals surface area contributed by atoms with Gasteiger partial charge in [-0.15, -0.1) is 0 Å². The summed E-state index contributed by atoms with van der Waals surface area (Å²) < 4.78 is 117. The Kier molecular flexibility index (Phi) is 5.05. The second kappa shape index (κ2) is 16.0. The van der Waals surface area contributed by atoms with Gasteiger partial charge in [-0.1, -0.05) is 83.2 Å². The average Bonchev–Trinajstić information content (AvgIpc) is 2.74. The van der Waals surface area contributed by atoms with Crippen LogP contribution in [0.4, 0.5) is 0 Å². The molecule has 1 unspecified atom stereocenters. The molecule has 0 amide bonds. The first kappa shape index (κ1) is 6.62. The fraction of sp³-hybridized carbons (Fsp3) is 0.889. The van der Waals surface area contributed by atoms with Gasteiger partial charge in [-0.3, -0.25) is 0 Å². The Hall–Kier alpha value is -0.380. The third kappa shape index (κ3) is 14.3. The molecule has 0 spiro atoms. The molecular weight excluding hydrogens is 262 g/mol. The highest BCUT2D eigenvalue weighted by Gasteiger charge is 2.08. The van der Waals surface area contributed by atoms with Gasteiger partial charge in [0.15, 0.2) is 0 Å². The number of rotatable bonds is 16. The zero-order valence-electron chi connectivity index (χ0n) is 27.6. The summed E-state index contributed by atoms with van der Waals surface area (Å²) >= 11 is 0. The zero-order chi connectivity index (χ0) is 29.0. The minimum atomic E-state index is -4.15. The Labute approximate surface area is 152 Å². The largest absolute Gasteiger partial charge is 0.395 e. The van der Waals surface area contributed by atoms with Crippen LogP contribution < -0.4 is 5.72 Å². The Morgan fingerprint density at radius 2 is 1.86 bits per heavy atom. The summed E-state index contributed by atoms with van der Waals surface area (Å²) in [6.45, 7) is -1.96. The van der Waals surface area contributed by atoms with Gasteiger partial charge in [-0.25, -0.2) is 0 Å². The van der Waals surface area contributed by atoms with Crippen molar-refractivity contribution in [3.05, 3.63) is 12.1 Å². The standard InChI is InChI=1S/C18H37NO2/c1-2-3-4-5-6-7-8-9-10-11-12-13-14-15-18(21)17(19)16-20/h14-15,17-18,20-21H,2-13,16,19H2,1H3/b15-14+/t17-,18+/m0/s1/i10D,11D2,12D2,13D2,14D,15D,16D2,17D,18D/hD2/t10?,17-,18+. The number of hydrogen-bond donors (Lipinski definition) is 3. The summed E-state index contributed by atoms with van der Waals surface area (Å²) in [5.41, 5.74) is -0.951. The number of nitrogens with two attached hydrogens (primary N) is 1. The van der Waals surface area contributed by atoms with Gasteiger partial charge in [0.05, 0.1) is 26.9 Å². The van der Waals surface area contributed by atoms with E-state index in [0.29, 0.717) is 12.8 Å². The highest BCUT2D eigenvalue weighted by molar-refractivity contribution is 4.93. The number of aliphatic hydroxyl groups is 2. The van der Waals surface area contributed by atoms with Crippen LogP contribution in [0.25, 0.3) is 0 Å². The molecule has 0 aliphatic carbocycles. The zero-order valence-corrected chi connectivity index (χ0v) is 12.6. The fourth-order valence-corrected chi connectivity index (χ4v) is 1.60. The molecule has 0 radical (unpaired) electrons. The average molecular weight is 315 g/mol. The molecule has 126 valence electrons. The lowest BCUT2D eigenvalue weighted by Gasteiger charge is -2.11. The number of hydrogen-bond acceptors (Lipinski definition) is 3. The molecule has 21 heavy (non-hydrogen) atoms. The maximum absolute atomic E-state index is 10.4. The molecule has 0 fully saturated rings. The van der Waals surface area contributed by atoms with Crippen molar-refractivity contribution >= 4 is 0 Å². The lowest BCUT2D eigenvalue weighted by molar-refractivity contribution is 0.144. The first-order valence-electron chi connectivity index (χ1n) is 14.8. The van der Waals surface area contributed by atoms with Crippen LogP contribution in [0.15, 0.2) is 12.1 Å². The van der Waals surface area contributed by atoms with E-state index in [0.717, 1.165) is 32.1 Å². The second-order valence-corrected chi connectivity index (χ2v) is 4.57. The normalized spacial score (nSPS) is 33.4. The first-order valence-corrected chi connectivity index (χ1v) is 7.32. The molecule has 0 aromatic rings. The topological polar surface area (TPSA) is 66.5 Å². The Morgan fingerprint density at radius 1 is 1.19 bits per heavy atom. The van der Waals surface area contributed by atoms with E-state index in [9.17, 15) is 10.2 Å². The quantitative estimate of drug-likeness (QED) is 0.299. The Bertz CT molecular complexity index is 738. The van der Waals surface area contributed by atoms with Crippen LogP contribution in [-0.4, -0.2) is 28.9 Å². The maximum atomic E-state index is 10.4. The number of unbranched alkanes of at least 4 members (excludes halogenated alkanes) is 6.